The lowest BCUT2D eigenvalue weighted by molar-refractivity contribution is 0.550. The minimum Gasteiger partial charge on any atom is -0.322 e. The van der Waals surface area contributed by atoms with Gasteiger partial charge in [0.2, 0.25) is 0 Å². The van der Waals surface area contributed by atoms with Crippen molar-refractivity contribution < 1.29 is 0 Å². The first-order valence-electron chi connectivity index (χ1n) is 4.84. The summed E-state index contributed by atoms with van der Waals surface area (Å²) >= 11 is 0. The number of aryl methyl sites for hydroxylation is 1. The first-order chi connectivity index (χ1) is 5.96. The van der Waals surface area contributed by atoms with E-state index in [4.69, 9.17) is 5.73 Å². The number of nitrogens with two attached hydrogens (primary N) is 1. The van der Waals surface area contributed by atoms with Crippen LogP contribution in [0.25, 0.3) is 0 Å². The van der Waals surface area contributed by atoms with E-state index >= 15 is 0 Å². The number of hydrogen-bond acceptors (Lipinski definition) is 1. The maximum Gasteiger partial charge on any atom is 0.0355 e. The molecule has 0 aliphatic heterocycles. The number of rotatable bonds is 2. The molecule has 0 spiro atoms. The van der Waals surface area contributed by atoms with Crippen molar-refractivity contribution in [1.29, 1.82) is 0 Å². The molecule has 1 rings (SSSR count). The Hall–Kier alpha value is -0.820. The van der Waals surface area contributed by atoms with Gasteiger partial charge in [-0.05, 0) is 43.9 Å². The molecule has 0 bridgehead atoms. The third-order valence-electron chi connectivity index (χ3n) is 2.52. The molecule has 0 fully saturated rings. The van der Waals surface area contributed by atoms with E-state index in [0.717, 1.165) is 6.42 Å². The predicted molar refractivity (Wildman–Crippen MR) is 57.8 cm³/mol. The monoisotopic (exact) mass is 177 g/mol. The molecular formula is C12H19N. The van der Waals surface area contributed by atoms with Gasteiger partial charge in [-0.1, -0.05) is 25.1 Å². The molecule has 0 unspecified atom stereocenters. The zero-order valence-corrected chi connectivity index (χ0v) is 9.02. The Morgan fingerprint density at radius 2 is 1.92 bits per heavy atom. The summed E-state index contributed by atoms with van der Waals surface area (Å²) in [6.45, 7) is 8.43. The van der Waals surface area contributed by atoms with Crippen LogP contribution in [0, 0.1) is 6.92 Å². The van der Waals surface area contributed by atoms with Crippen LogP contribution in [0.15, 0.2) is 18.2 Å². The van der Waals surface area contributed by atoms with Crippen molar-refractivity contribution in [2.24, 2.45) is 5.73 Å². The van der Waals surface area contributed by atoms with Crippen molar-refractivity contribution in [2.45, 2.75) is 39.7 Å². The van der Waals surface area contributed by atoms with Crippen LogP contribution in [0.3, 0.4) is 0 Å². The fourth-order valence-corrected chi connectivity index (χ4v) is 1.76. The van der Waals surface area contributed by atoms with Crippen LogP contribution in [0.2, 0.25) is 0 Å². The Labute approximate surface area is 81.0 Å². The van der Waals surface area contributed by atoms with Crippen LogP contribution in [-0.4, -0.2) is 0 Å². The summed E-state index contributed by atoms with van der Waals surface area (Å²) in [5.41, 5.74) is 9.85. The first-order valence-corrected chi connectivity index (χ1v) is 4.84. The fraction of sp³-hybridized carbons (Fsp3) is 0.500. The van der Waals surface area contributed by atoms with E-state index in [9.17, 15) is 0 Å². The smallest absolute Gasteiger partial charge is 0.0355 e. The van der Waals surface area contributed by atoms with Gasteiger partial charge in [-0.15, -0.1) is 0 Å². The summed E-state index contributed by atoms with van der Waals surface area (Å²) in [5, 5.41) is 0. The minimum atomic E-state index is -0.227. The highest BCUT2D eigenvalue weighted by atomic mass is 14.7. The topological polar surface area (TPSA) is 26.0 Å². The SMILES string of the molecule is CCc1cccc(C(C)(C)N)c1C. The van der Waals surface area contributed by atoms with Gasteiger partial charge in [0.15, 0.2) is 0 Å². The van der Waals surface area contributed by atoms with Crippen molar-refractivity contribution in [3.05, 3.63) is 34.9 Å². The van der Waals surface area contributed by atoms with Crippen LogP contribution in [0.1, 0.15) is 37.5 Å². The zero-order valence-electron chi connectivity index (χ0n) is 9.02. The second-order valence-electron chi connectivity index (χ2n) is 4.16. The summed E-state index contributed by atoms with van der Waals surface area (Å²) in [4.78, 5) is 0. The van der Waals surface area contributed by atoms with Crippen LogP contribution >= 0.6 is 0 Å². The zero-order chi connectivity index (χ0) is 10.1. The molecule has 0 radical (unpaired) electrons. The van der Waals surface area contributed by atoms with E-state index in [2.05, 4.69) is 45.9 Å². The van der Waals surface area contributed by atoms with Crippen molar-refractivity contribution in [3.8, 4) is 0 Å². The Morgan fingerprint density at radius 1 is 1.31 bits per heavy atom. The number of benzene rings is 1. The van der Waals surface area contributed by atoms with E-state index in [0.29, 0.717) is 0 Å². The maximum atomic E-state index is 6.08. The second-order valence-corrected chi connectivity index (χ2v) is 4.16. The van der Waals surface area contributed by atoms with Crippen LogP contribution < -0.4 is 5.73 Å². The van der Waals surface area contributed by atoms with Crippen molar-refractivity contribution in [3.63, 3.8) is 0 Å². The third kappa shape index (κ3) is 2.10. The van der Waals surface area contributed by atoms with Crippen molar-refractivity contribution in [2.75, 3.05) is 0 Å². The van der Waals surface area contributed by atoms with Gasteiger partial charge >= 0.3 is 0 Å². The molecule has 72 valence electrons. The highest BCUT2D eigenvalue weighted by Gasteiger charge is 2.17. The molecule has 0 aliphatic carbocycles. The fourth-order valence-electron chi connectivity index (χ4n) is 1.76. The number of hydrogen-bond donors (Lipinski definition) is 1. The van der Waals surface area contributed by atoms with Gasteiger partial charge in [-0.3, -0.25) is 0 Å². The Balaban J connectivity index is 3.24. The van der Waals surface area contributed by atoms with Crippen LogP contribution in [-0.2, 0) is 12.0 Å². The van der Waals surface area contributed by atoms with Crippen molar-refractivity contribution >= 4 is 0 Å². The largest absolute Gasteiger partial charge is 0.322 e. The molecule has 0 saturated carbocycles. The average molecular weight is 177 g/mol. The highest BCUT2D eigenvalue weighted by molar-refractivity contribution is 5.37. The van der Waals surface area contributed by atoms with E-state index in [1.165, 1.54) is 16.7 Å². The van der Waals surface area contributed by atoms with Gasteiger partial charge in [0.1, 0.15) is 0 Å². The van der Waals surface area contributed by atoms with Crippen molar-refractivity contribution in [1.82, 2.24) is 0 Å². The van der Waals surface area contributed by atoms with E-state index in [-0.39, 0.29) is 5.54 Å². The lowest BCUT2D eigenvalue weighted by atomic mass is 9.88. The lowest BCUT2D eigenvalue weighted by Crippen LogP contribution is -2.29. The van der Waals surface area contributed by atoms with Gasteiger partial charge in [-0.25, -0.2) is 0 Å². The normalized spacial score (nSPS) is 11.8. The van der Waals surface area contributed by atoms with E-state index < -0.39 is 0 Å². The molecule has 1 nitrogen and oxygen atoms in total. The molecule has 0 atom stereocenters. The summed E-state index contributed by atoms with van der Waals surface area (Å²) in [7, 11) is 0. The molecule has 0 aliphatic rings. The lowest BCUT2D eigenvalue weighted by Gasteiger charge is -2.23. The standard InChI is InChI=1S/C12H19N/c1-5-10-7-6-8-11(9(10)2)12(3,4)13/h6-8H,5,13H2,1-4H3. The first kappa shape index (κ1) is 10.3. The van der Waals surface area contributed by atoms with Gasteiger partial charge in [0, 0.05) is 5.54 Å². The Morgan fingerprint density at radius 3 is 2.38 bits per heavy atom. The van der Waals surface area contributed by atoms with E-state index in [1.807, 2.05) is 0 Å². The second kappa shape index (κ2) is 3.51. The molecule has 2 N–H and O–H groups in total. The summed E-state index contributed by atoms with van der Waals surface area (Å²) in [6.07, 6.45) is 1.08. The average Bonchev–Trinajstić information content (AvgIpc) is 2.02. The van der Waals surface area contributed by atoms with Gasteiger partial charge in [0.05, 0.1) is 0 Å². The summed E-state index contributed by atoms with van der Waals surface area (Å²) in [6, 6.07) is 6.38. The summed E-state index contributed by atoms with van der Waals surface area (Å²) in [5.74, 6) is 0. The van der Waals surface area contributed by atoms with Gasteiger partial charge < -0.3 is 5.73 Å². The molecule has 0 saturated heterocycles. The van der Waals surface area contributed by atoms with Gasteiger partial charge in [0.25, 0.3) is 0 Å². The third-order valence-corrected chi connectivity index (χ3v) is 2.52. The predicted octanol–water partition coefficient (Wildman–Crippen LogP) is 2.75. The minimum absolute atomic E-state index is 0.227. The highest BCUT2D eigenvalue weighted by Crippen LogP contribution is 2.23. The van der Waals surface area contributed by atoms with Crippen LogP contribution in [0.5, 0.6) is 0 Å². The molecule has 0 amide bonds. The molecule has 0 aromatic heterocycles. The Bertz CT molecular complexity index is 294. The molecule has 1 heteroatoms. The Kier molecular flexibility index (Phi) is 2.77. The molecule has 1 aromatic carbocycles. The molecule has 13 heavy (non-hydrogen) atoms. The van der Waals surface area contributed by atoms with E-state index in [1.54, 1.807) is 0 Å². The molecular weight excluding hydrogens is 158 g/mol. The van der Waals surface area contributed by atoms with Crippen LogP contribution in [0.4, 0.5) is 0 Å². The molecule has 0 heterocycles. The van der Waals surface area contributed by atoms with Gasteiger partial charge in [-0.2, -0.15) is 0 Å². The summed E-state index contributed by atoms with van der Waals surface area (Å²) < 4.78 is 0. The quantitative estimate of drug-likeness (QED) is 0.738. The molecule has 1 aromatic rings. The maximum absolute atomic E-state index is 6.08.